The Bertz CT molecular complexity index is 2550. The first-order chi connectivity index (χ1) is 31.5. The van der Waals surface area contributed by atoms with Gasteiger partial charge in [-0.05, 0) is 75.8 Å². The van der Waals surface area contributed by atoms with E-state index in [1.807, 2.05) is 18.3 Å². The van der Waals surface area contributed by atoms with Crippen LogP contribution in [0.25, 0.3) is 11.0 Å². The number of Topliss-reactive ketones (excluding diaryl/α,β-unsaturated/α-hetero) is 2. The molecule has 1 atom stereocenters. The van der Waals surface area contributed by atoms with Crippen LogP contribution in [0.2, 0.25) is 0 Å². The van der Waals surface area contributed by atoms with Crippen molar-refractivity contribution in [1.29, 1.82) is 0 Å². The van der Waals surface area contributed by atoms with E-state index in [0.29, 0.717) is 85.4 Å². The van der Waals surface area contributed by atoms with Crippen molar-refractivity contribution in [2.45, 2.75) is 77.3 Å². The maximum Gasteiger partial charge on any atom is 0.264 e. The minimum Gasteiger partial charge on any atom is -0.379 e. The van der Waals surface area contributed by atoms with Crippen LogP contribution in [0.5, 0.6) is 0 Å². The first-order valence-corrected chi connectivity index (χ1v) is 22.5. The lowest BCUT2D eigenvalue weighted by Crippen LogP contribution is -2.51. The molecule has 342 valence electrons. The Labute approximate surface area is 376 Å². The number of carbonyl (C=O) groups excluding carboxylic acids is 5. The molecule has 2 saturated heterocycles. The topological polar surface area (TPSA) is 210 Å². The Morgan fingerprint density at radius 3 is 2.40 bits per heavy atom. The number of benzene rings is 1. The highest BCUT2D eigenvalue weighted by atomic mass is 16.5. The number of piperazine rings is 1. The molecule has 18 heteroatoms. The number of ether oxygens (including phenoxy) is 2. The Morgan fingerprint density at radius 2 is 1.68 bits per heavy atom. The fourth-order valence-electron chi connectivity index (χ4n) is 9.21. The van der Waals surface area contributed by atoms with E-state index in [1.165, 1.54) is 6.92 Å². The number of rotatable bonds is 19. The Hall–Kier alpha value is -6.37. The first kappa shape index (κ1) is 45.2. The molecule has 1 aliphatic carbocycles. The number of amides is 3. The van der Waals surface area contributed by atoms with Crippen LogP contribution in [0, 0.1) is 6.92 Å². The number of nitrogens with one attached hydrogen (secondary N) is 3. The molecular formula is C47H56N10O8. The van der Waals surface area contributed by atoms with E-state index in [2.05, 4.69) is 42.3 Å². The molecule has 1 unspecified atom stereocenters. The maximum absolute atomic E-state index is 13.6. The molecule has 0 radical (unpaired) electrons. The van der Waals surface area contributed by atoms with Crippen molar-refractivity contribution in [3.63, 3.8) is 0 Å². The van der Waals surface area contributed by atoms with E-state index in [-0.39, 0.29) is 52.8 Å². The molecule has 1 saturated carbocycles. The molecule has 3 fully saturated rings. The zero-order valence-electron chi connectivity index (χ0n) is 37.0. The van der Waals surface area contributed by atoms with E-state index in [4.69, 9.17) is 14.5 Å². The highest BCUT2D eigenvalue weighted by Crippen LogP contribution is 2.34. The van der Waals surface area contributed by atoms with Gasteiger partial charge in [0.1, 0.15) is 17.5 Å². The second kappa shape index (κ2) is 20.2. The lowest BCUT2D eigenvalue weighted by molar-refractivity contribution is -0.125. The lowest BCUT2D eigenvalue weighted by atomic mass is 10.0. The third-order valence-electron chi connectivity index (χ3n) is 12.7. The largest absolute Gasteiger partial charge is 0.379 e. The number of aromatic nitrogens is 4. The predicted molar refractivity (Wildman–Crippen MR) is 244 cm³/mol. The maximum atomic E-state index is 13.6. The first-order valence-electron chi connectivity index (χ1n) is 22.5. The van der Waals surface area contributed by atoms with Gasteiger partial charge in [-0.15, -0.1) is 0 Å². The fourth-order valence-corrected chi connectivity index (χ4v) is 9.21. The number of piperidine rings is 1. The summed E-state index contributed by atoms with van der Waals surface area (Å²) in [4.78, 5) is 97.3. The highest BCUT2D eigenvalue weighted by molar-refractivity contribution is 6.25. The molecule has 8 rings (SSSR count). The summed E-state index contributed by atoms with van der Waals surface area (Å²) in [5.41, 5.74) is 3.41. The van der Waals surface area contributed by atoms with E-state index < -0.39 is 23.8 Å². The number of carbonyl (C=O) groups is 5. The molecule has 3 aliphatic heterocycles. The van der Waals surface area contributed by atoms with Gasteiger partial charge in [-0.2, -0.15) is 4.98 Å². The molecular weight excluding hydrogens is 833 g/mol. The average molecular weight is 889 g/mol. The van der Waals surface area contributed by atoms with Gasteiger partial charge in [0.15, 0.2) is 11.6 Å². The Balaban J connectivity index is 0.702. The molecule has 65 heavy (non-hydrogen) atoms. The summed E-state index contributed by atoms with van der Waals surface area (Å²) in [5.74, 6) is -0.893. The highest BCUT2D eigenvalue weighted by Gasteiger charge is 2.45. The summed E-state index contributed by atoms with van der Waals surface area (Å²) in [6.45, 7) is 13.1. The molecule has 3 amide bonds. The number of imide groups is 1. The van der Waals surface area contributed by atoms with Crippen molar-refractivity contribution in [2.24, 2.45) is 0 Å². The molecule has 1 aromatic carbocycles. The summed E-state index contributed by atoms with van der Waals surface area (Å²) in [6, 6.07) is 7.88. The van der Waals surface area contributed by atoms with Crippen LogP contribution in [0.15, 0.2) is 59.8 Å². The monoisotopic (exact) mass is 888 g/mol. The van der Waals surface area contributed by atoms with Crippen LogP contribution in [-0.2, 0) is 19.1 Å². The number of anilines is 4. The standard InChI is InChI=1S/C47H56N10O8/c1-29-13-15-38(43(60)51-29)57-44(61)35-11-6-12-37(41(35)46(57)63)48-27-34(59)10-7-22-64-24-25-65-23-21-54-17-19-55(20-18-54)33-14-16-39(49-26-33)52-47-50-28-36-30(2)40(31(3)58)45(62)56(42(36)53-47)32-8-4-5-9-32/h6,11-12,14,16,26,28,32,38,48H,1,4-5,7-10,13,15,17-25,27H2,2-3H3,(H,51,60)(H,49,50,52,53). The average Bonchev–Trinajstić information content (AvgIpc) is 3.91. The minimum atomic E-state index is -0.904. The van der Waals surface area contributed by atoms with Gasteiger partial charge in [0.05, 0.1) is 54.9 Å². The number of fused-ring (bicyclic) bond motifs is 2. The summed E-state index contributed by atoms with van der Waals surface area (Å²) in [6.07, 6.45) is 8.95. The van der Waals surface area contributed by atoms with E-state index in [9.17, 15) is 28.8 Å². The number of allylic oxidation sites excluding steroid dienone is 1. The molecule has 4 aromatic rings. The SMILES string of the molecule is C=C1CCC(N2C(=O)c3cccc(NCC(=O)CCCOCCOCCN4CCN(c5ccc(Nc6ncc7c(C)c(C(C)=O)c(=O)n(C8CCCC8)c7n6)nc5)CC4)c3C2=O)C(=O)N1. The van der Waals surface area contributed by atoms with Crippen LogP contribution in [0.1, 0.15) is 101 Å². The van der Waals surface area contributed by atoms with E-state index in [0.717, 1.165) is 69.0 Å². The molecule has 0 spiro atoms. The van der Waals surface area contributed by atoms with Gasteiger partial charge < -0.3 is 30.3 Å². The van der Waals surface area contributed by atoms with E-state index >= 15 is 0 Å². The zero-order chi connectivity index (χ0) is 45.6. The molecule has 0 bridgehead atoms. The van der Waals surface area contributed by atoms with Crippen LogP contribution in [-0.4, -0.2) is 130 Å². The minimum absolute atomic E-state index is 0.00227. The fraction of sp³-hybridized carbons (Fsp3) is 0.468. The van der Waals surface area contributed by atoms with Crippen molar-refractivity contribution in [3.8, 4) is 0 Å². The predicted octanol–water partition coefficient (Wildman–Crippen LogP) is 4.56. The normalized spacial score (nSPS) is 18.1. The van der Waals surface area contributed by atoms with Gasteiger partial charge >= 0.3 is 0 Å². The quantitative estimate of drug-likeness (QED) is 0.0670. The van der Waals surface area contributed by atoms with Crippen LogP contribution >= 0.6 is 0 Å². The summed E-state index contributed by atoms with van der Waals surface area (Å²) < 4.78 is 13.2. The third kappa shape index (κ3) is 9.99. The third-order valence-corrected chi connectivity index (χ3v) is 12.7. The van der Waals surface area contributed by atoms with Gasteiger partial charge in [-0.25, -0.2) is 9.97 Å². The smallest absolute Gasteiger partial charge is 0.264 e. The number of nitrogens with zero attached hydrogens (tertiary/aromatic N) is 7. The van der Waals surface area contributed by atoms with Gasteiger partial charge in [0.2, 0.25) is 11.9 Å². The second-order valence-electron chi connectivity index (χ2n) is 17.0. The summed E-state index contributed by atoms with van der Waals surface area (Å²) in [7, 11) is 0. The van der Waals surface area contributed by atoms with Gasteiger partial charge in [-0.3, -0.25) is 43.1 Å². The molecule has 4 aliphatic rings. The van der Waals surface area contributed by atoms with E-state index in [1.54, 1.807) is 35.9 Å². The number of hydrogen-bond acceptors (Lipinski definition) is 15. The van der Waals surface area contributed by atoms with Gasteiger partial charge in [-0.1, -0.05) is 25.5 Å². The Morgan fingerprint density at radius 1 is 0.908 bits per heavy atom. The number of aryl methyl sites for hydroxylation is 1. The van der Waals surface area contributed by atoms with Crippen molar-refractivity contribution < 1.29 is 33.4 Å². The molecule has 3 N–H and O–H groups in total. The van der Waals surface area contributed by atoms with Crippen molar-refractivity contribution in [2.75, 3.05) is 81.2 Å². The van der Waals surface area contributed by atoms with Gasteiger partial charge in [0.25, 0.3) is 17.4 Å². The number of hydrogen-bond donors (Lipinski definition) is 3. The molecule has 6 heterocycles. The van der Waals surface area contributed by atoms with Crippen molar-refractivity contribution in [1.82, 2.24) is 34.6 Å². The lowest BCUT2D eigenvalue weighted by Gasteiger charge is -2.35. The molecule has 18 nitrogen and oxygen atoms in total. The van der Waals surface area contributed by atoms with Crippen LogP contribution in [0.4, 0.5) is 23.1 Å². The number of pyridine rings is 2. The van der Waals surface area contributed by atoms with Crippen molar-refractivity contribution >= 4 is 63.5 Å². The van der Waals surface area contributed by atoms with Crippen molar-refractivity contribution in [3.05, 3.63) is 87.6 Å². The van der Waals surface area contributed by atoms with Crippen LogP contribution < -0.4 is 26.4 Å². The summed E-state index contributed by atoms with van der Waals surface area (Å²) in [5, 5.41) is 9.55. The Kier molecular flexibility index (Phi) is 14.1. The van der Waals surface area contributed by atoms with Gasteiger partial charge in [0, 0.05) is 74.8 Å². The number of ketones is 2. The second-order valence-corrected chi connectivity index (χ2v) is 17.0. The summed E-state index contributed by atoms with van der Waals surface area (Å²) >= 11 is 0. The molecule has 3 aromatic heterocycles. The van der Waals surface area contributed by atoms with Crippen LogP contribution in [0.3, 0.4) is 0 Å². The zero-order valence-corrected chi connectivity index (χ0v) is 37.0.